The average Bonchev–Trinajstić information content (AvgIpc) is 2.44. The normalized spacial score (nSPS) is 13.4. The number of hydrogen-bond acceptors (Lipinski definition) is 6. The minimum absolute atomic E-state index is 0.0445. The molecule has 0 unspecified atom stereocenters. The summed E-state index contributed by atoms with van der Waals surface area (Å²) in [4.78, 5) is 1.15. The lowest BCUT2D eigenvalue weighted by molar-refractivity contribution is 0.565. The minimum atomic E-state index is -4.04. The lowest BCUT2D eigenvalue weighted by atomic mass is 10.3. The summed E-state index contributed by atoms with van der Waals surface area (Å²) < 4.78 is 47.2. The Morgan fingerprint density at radius 3 is 2.21 bits per heavy atom. The molecule has 7 nitrogen and oxygen atoms in total. The molecule has 0 heterocycles. The lowest BCUT2D eigenvalue weighted by Crippen LogP contribution is -2.35. The highest BCUT2D eigenvalue weighted by atomic mass is 35.5. The van der Waals surface area contributed by atoms with Crippen molar-refractivity contribution in [2.45, 2.75) is 30.4 Å². The SMILES string of the molecule is CC(C)(C)S(=O)(=O)C(C#N)=CNNS(=O)(=O)c1ccc(Cl)c(Cl)c1. The summed E-state index contributed by atoms with van der Waals surface area (Å²) in [6.45, 7) is 4.27. The first-order chi connectivity index (χ1) is 10.8. The predicted octanol–water partition coefficient (Wildman–Crippen LogP) is 2.35. The van der Waals surface area contributed by atoms with Crippen LogP contribution in [0, 0.1) is 11.3 Å². The molecule has 0 aliphatic rings. The highest BCUT2D eigenvalue weighted by molar-refractivity contribution is 7.96. The van der Waals surface area contributed by atoms with E-state index < -0.39 is 29.5 Å². The quantitative estimate of drug-likeness (QED) is 0.567. The van der Waals surface area contributed by atoms with Gasteiger partial charge in [-0.2, -0.15) is 5.26 Å². The molecule has 1 aromatic rings. The molecular formula is C13H15Cl2N3O4S2. The summed E-state index contributed by atoms with van der Waals surface area (Å²) in [5.74, 6) is 0. The first-order valence-corrected chi connectivity index (χ1v) is 10.1. The molecule has 0 radical (unpaired) electrons. The van der Waals surface area contributed by atoms with Crippen LogP contribution in [0.3, 0.4) is 0 Å². The summed E-state index contributed by atoms with van der Waals surface area (Å²) in [5, 5.41) is 9.22. The number of hydrogen-bond donors (Lipinski definition) is 2. The third-order valence-electron chi connectivity index (χ3n) is 2.80. The van der Waals surface area contributed by atoms with Gasteiger partial charge in [-0.25, -0.2) is 16.8 Å². The van der Waals surface area contributed by atoms with Crippen LogP contribution in [0.2, 0.25) is 10.0 Å². The van der Waals surface area contributed by atoms with Crippen LogP contribution in [0.25, 0.3) is 0 Å². The lowest BCUT2D eigenvalue weighted by Gasteiger charge is -2.18. The van der Waals surface area contributed by atoms with Gasteiger partial charge >= 0.3 is 0 Å². The van der Waals surface area contributed by atoms with E-state index >= 15 is 0 Å². The molecule has 132 valence electrons. The van der Waals surface area contributed by atoms with Gasteiger partial charge in [-0.15, -0.1) is 4.83 Å². The number of sulfone groups is 1. The number of rotatable bonds is 5. The number of allylic oxidation sites excluding steroid dienone is 1. The first-order valence-electron chi connectivity index (χ1n) is 6.40. The van der Waals surface area contributed by atoms with Crippen LogP contribution in [-0.2, 0) is 19.9 Å². The van der Waals surface area contributed by atoms with Gasteiger partial charge in [0.05, 0.1) is 19.7 Å². The van der Waals surface area contributed by atoms with Gasteiger partial charge in [-0.3, -0.25) is 0 Å². The van der Waals surface area contributed by atoms with Crippen LogP contribution in [0.5, 0.6) is 0 Å². The molecule has 0 spiro atoms. The van der Waals surface area contributed by atoms with Gasteiger partial charge in [-0.05, 0) is 39.0 Å². The second-order valence-corrected chi connectivity index (χ2v) is 10.7. The zero-order chi connectivity index (χ0) is 18.8. The van der Waals surface area contributed by atoms with Crippen molar-refractivity contribution in [3.8, 4) is 6.07 Å². The van der Waals surface area contributed by atoms with Crippen molar-refractivity contribution in [3.05, 3.63) is 39.3 Å². The Morgan fingerprint density at radius 2 is 1.75 bits per heavy atom. The number of benzene rings is 1. The minimum Gasteiger partial charge on any atom is -0.313 e. The molecule has 0 amide bonds. The molecule has 2 N–H and O–H groups in total. The molecule has 0 aromatic heterocycles. The van der Waals surface area contributed by atoms with Crippen LogP contribution in [0.1, 0.15) is 20.8 Å². The molecule has 0 saturated carbocycles. The largest absolute Gasteiger partial charge is 0.313 e. The monoisotopic (exact) mass is 411 g/mol. The highest BCUT2D eigenvalue weighted by Gasteiger charge is 2.33. The standard InChI is InChI=1S/C13H15Cl2N3O4S2/c1-13(2,3)23(19,20)10(7-16)8-17-18-24(21,22)9-4-5-11(14)12(15)6-9/h4-6,8,17-18H,1-3H3. The van der Waals surface area contributed by atoms with Gasteiger partial charge in [0.15, 0.2) is 14.7 Å². The van der Waals surface area contributed by atoms with E-state index in [0.717, 1.165) is 12.3 Å². The molecular weight excluding hydrogens is 397 g/mol. The zero-order valence-electron chi connectivity index (χ0n) is 13.0. The number of nitriles is 1. The van der Waals surface area contributed by atoms with Gasteiger partial charge in [0, 0.05) is 6.20 Å². The summed E-state index contributed by atoms with van der Waals surface area (Å²) in [6, 6.07) is 5.19. The summed E-state index contributed by atoms with van der Waals surface area (Å²) in [5.41, 5.74) is 2.11. The second-order valence-electron chi connectivity index (χ2n) is 5.56. The highest BCUT2D eigenvalue weighted by Crippen LogP contribution is 2.25. The Hall–Kier alpha value is -1.31. The summed E-state index contributed by atoms with van der Waals surface area (Å²) in [6.07, 6.45) is 0.773. The average molecular weight is 412 g/mol. The first kappa shape index (κ1) is 20.7. The maximum atomic E-state index is 12.2. The fourth-order valence-electron chi connectivity index (χ4n) is 1.38. The van der Waals surface area contributed by atoms with Crippen molar-refractivity contribution in [3.63, 3.8) is 0 Å². The van der Waals surface area contributed by atoms with E-state index in [2.05, 4.69) is 5.43 Å². The van der Waals surface area contributed by atoms with Crippen LogP contribution in [0.15, 0.2) is 34.2 Å². The maximum absolute atomic E-state index is 12.2. The Morgan fingerprint density at radius 1 is 1.17 bits per heavy atom. The van der Waals surface area contributed by atoms with Crippen molar-refractivity contribution in [2.24, 2.45) is 0 Å². The molecule has 1 rings (SSSR count). The molecule has 24 heavy (non-hydrogen) atoms. The molecule has 0 aliphatic heterocycles. The number of hydrazine groups is 1. The predicted molar refractivity (Wildman–Crippen MR) is 92.3 cm³/mol. The van der Waals surface area contributed by atoms with Gasteiger partial charge in [0.1, 0.15) is 6.07 Å². The van der Waals surface area contributed by atoms with Crippen LogP contribution >= 0.6 is 23.2 Å². The number of sulfonamides is 1. The van der Waals surface area contributed by atoms with Crippen LogP contribution in [0.4, 0.5) is 0 Å². The van der Waals surface area contributed by atoms with Crippen LogP contribution in [-0.4, -0.2) is 21.6 Å². The van der Waals surface area contributed by atoms with E-state index in [4.69, 9.17) is 28.5 Å². The Bertz CT molecular complexity index is 912. The second kappa shape index (κ2) is 7.29. The maximum Gasteiger partial charge on any atom is 0.257 e. The number of nitrogens with zero attached hydrogens (tertiary/aromatic N) is 1. The van der Waals surface area contributed by atoms with Gasteiger partial charge in [0.2, 0.25) is 0 Å². The van der Waals surface area contributed by atoms with E-state index in [9.17, 15) is 16.8 Å². The molecule has 0 saturated heterocycles. The third-order valence-corrected chi connectivity index (χ3v) is 7.20. The zero-order valence-corrected chi connectivity index (χ0v) is 16.1. The fraction of sp³-hybridized carbons (Fsp3) is 0.308. The van der Waals surface area contributed by atoms with E-state index in [1.807, 2.05) is 4.83 Å². The van der Waals surface area contributed by atoms with Crippen molar-refractivity contribution in [1.29, 1.82) is 5.26 Å². The molecule has 0 atom stereocenters. The van der Waals surface area contributed by atoms with E-state index in [0.29, 0.717) is 0 Å². The van der Waals surface area contributed by atoms with E-state index in [1.54, 1.807) is 0 Å². The van der Waals surface area contributed by atoms with Crippen molar-refractivity contribution >= 4 is 43.1 Å². The van der Waals surface area contributed by atoms with Crippen molar-refractivity contribution < 1.29 is 16.8 Å². The molecule has 0 fully saturated rings. The molecule has 0 aliphatic carbocycles. The van der Waals surface area contributed by atoms with Crippen molar-refractivity contribution in [2.75, 3.05) is 0 Å². The smallest absolute Gasteiger partial charge is 0.257 e. The summed E-state index contributed by atoms with van der Waals surface area (Å²) in [7, 11) is -7.96. The van der Waals surface area contributed by atoms with Gasteiger partial charge < -0.3 is 5.43 Å². The van der Waals surface area contributed by atoms with E-state index in [1.165, 1.54) is 39.0 Å². The third kappa shape index (κ3) is 4.62. The van der Waals surface area contributed by atoms with Crippen LogP contribution < -0.4 is 10.3 Å². The summed E-state index contributed by atoms with van der Waals surface area (Å²) >= 11 is 11.5. The fourth-order valence-corrected chi connectivity index (χ4v) is 3.58. The van der Waals surface area contributed by atoms with Gasteiger partial charge in [0.25, 0.3) is 10.0 Å². The number of nitrogens with one attached hydrogen (secondary N) is 2. The Kier molecular flexibility index (Phi) is 6.30. The van der Waals surface area contributed by atoms with Crippen molar-refractivity contribution in [1.82, 2.24) is 10.3 Å². The molecule has 0 bridgehead atoms. The molecule has 1 aromatic carbocycles. The molecule has 11 heteroatoms. The van der Waals surface area contributed by atoms with Gasteiger partial charge in [-0.1, -0.05) is 23.2 Å². The Labute approximate surface area is 151 Å². The Balaban J connectivity index is 3.03. The van der Waals surface area contributed by atoms with E-state index in [-0.39, 0.29) is 14.9 Å². The topological polar surface area (TPSA) is 116 Å². The number of halogens is 2.